The van der Waals surface area contributed by atoms with E-state index < -0.39 is 15.8 Å². The van der Waals surface area contributed by atoms with Crippen LogP contribution in [0.1, 0.15) is 6.42 Å². The lowest BCUT2D eigenvalue weighted by Crippen LogP contribution is -2.35. The molecule has 3 N–H and O–H groups in total. The number of thioether (sulfide) groups is 1. The fourth-order valence-corrected chi connectivity index (χ4v) is 4.85. The van der Waals surface area contributed by atoms with Gasteiger partial charge >= 0.3 is 0 Å². The van der Waals surface area contributed by atoms with Crippen LogP contribution in [0.15, 0.2) is 21.5 Å². The predicted octanol–water partition coefficient (Wildman–Crippen LogP) is 1.95. The molecule has 1 fully saturated rings. The maximum Gasteiger partial charge on any atom is 0.242 e. The van der Waals surface area contributed by atoms with Crippen LogP contribution in [0.5, 0.6) is 0 Å². The van der Waals surface area contributed by atoms with Gasteiger partial charge in [-0.25, -0.2) is 17.5 Å². The minimum Gasteiger partial charge on any atom is -0.398 e. The van der Waals surface area contributed by atoms with Crippen LogP contribution in [0.3, 0.4) is 0 Å². The molecule has 1 unspecified atom stereocenters. The second-order valence-corrected chi connectivity index (χ2v) is 7.67. The van der Waals surface area contributed by atoms with Crippen molar-refractivity contribution in [2.75, 3.05) is 17.2 Å². The Morgan fingerprint density at radius 2 is 2.22 bits per heavy atom. The minimum absolute atomic E-state index is 0.0803. The third-order valence-corrected chi connectivity index (χ3v) is 5.94. The molecule has 1 saturated heterocycles. The van der Waals surface area contributed by atoms with Gasteiger partial charge < -0.3 is 5.73 Å². The molecule has 2 rings (SSSR count). The number of nitrogen functional groups attached to an aromatic ring is 1. The zero-order valence-electron chi connectivity index (χ0n) is 9.32. The number of sulfonamides is 1. The zero-order valence-corrected chi connectivity index (χ0v) is 12.5. The average Bonchev–Trinajstić information content (AvgIpc) is 2.75. The molecule has 0 aromatic heterocycles. The fraction of sp³-hybridized carbons (Fsp3) is 0.400. The number of anilines is 1. The van der Waals surface area contributed by atoms with Crippen LogP contribution in [0.2, 0.25) is 0 Å². The molecule has 1 aliphatic rings. The molecular formula is C10H12BrFN2O2S2. The van der Waals surface area contributed by atoms with Crippen LogP contribution in [0.25, 0.3) is 0 Å². The van der Waals surface area contributed by atoms with Gasteiger partial charge in [0.25, 0.3) is 0 Å². The van der Waals surface area contributed by atoms with E-state index in [0.29, 0.717) is 0 Å². The summed E-state index contributed by atoms with van der Waals surface area (Å²) < 4.78 is 40.1. The first-order valence-electron chi connectivity index (χ1n) is 5.25. The third kappa shape index (κ3) is 2.98. The van der Waals surface area contributed by atoms with E-state index in [1.54, 1.807) is 11.8 Å². The smallest absolute Gasteiger partial charge is 0.242 e. The first-order valence-corrected chi connectivity index (χ1v) is 8.68. The molecule has 0 radical (unpaired) electrons. The van der Waals surface area contributed by atoms with Gasteiger partial charge in [0, 0.05) is 11.8 Å². The molecule has 1 aliphatic heterocycles. The lowest BCUT2D eigenvalue weighted by molar-refractivity contribution is 0.563. The Balaban J connectivity index is 2.31. The number of benzene rings is 1. The maximum atomic E-state index is 13.2. The van der Waals surface area contributed by atoms with Crippen molar-refractivity contribution in [1.82, 2.24) is 4.72 Å². The molecule has 0 aliphatic carbocycles. The van der Waals surface area contributed by atoms with Gasteiger partial charge in [-0.05, 0) is 40.2 Å². The van der Waals surface area contributed by atoms with Crippen LogP contribution in [-0.2, 0) is 10.0 Å². The topological polar surface area (TPSA) is 72.2 Å². The van der Waals surface area contributed by atoms with E-state index in [0.717, 1.165) is 24.0 Å². The second kappa shape index (κ2) is 5.36. The standard InChI is InChI=1S/C10H12BrFN2O2S2/c11-7-3-10(9(13)4-8(7)12)18(15,16)14-6-1-2-17-5-6/h3-4,6,14H,1-2,5,13H2. The number of nitrogens with two attached hydrogens (primary N) is 1. The molecule has 18 heavy (non-hydrogen) atoms. The third-order valence-electron chi connectivity index (χ3n) is 2.59. The van der Waals surface area contributed by atoms with Crippen LogP contribution in [0, 0.1) is 5.82 Å². The normalized spacial score (nSPS) is 20.2. The molecule has 0 spiro atoms. The van der Waals surface area contributed by atoms with Crippen LogP contribution < -0.4 is 10.5 Å². The highest BCUT2D eigenvalue weighted by Crippen LogP contribution is 2.27. The Bertz CT molecular complexity index is 559. The summed E-state index contributed by atoms with van der Waals surface area (Å²) in [7, 11) is -3.70. The number of hydrogen-bond acceptors (Lipinski definition) is 4. The summed E-state index contributed by atoms with van der Waals surface area (Å²) >= 11 is 4.66. The summed E-state index contributed by atoms with van der Waals surface area (Å²) in [5.74, 6) is 1.11. The van der Waals surface area contributed by atoms with Crippen molar-refractivity contribution >= 4 is 43.4 Å². The largest absolute Gasteiger partial charge is 0.398 e. The summed E-state index contributed by atoms with van der Waals surface area (Å²) in [6.07, 6.45) is 0.798. The van der Waals surface area contributed by atoms with Gasteiger partial charge in [-0.1, -0.05) is 0 Å². The zero-order chi connectivity index (χ0) is 13.3. The van der Waals surface area contributed by atoms with Crippen LogP contribution in [-0.4, -0.2) is 26.0 Å². The van der Waals surface area contributed by atoms with E-state index in [4.69, 9.17) is 5.73 Å². The van der Waals surface area contributed by atoms with E-state index in [1.165, 1.54) is 6.07 Å². The van der Waals surface area contributed by atoms with Crippen molar-refractivity contribution in [2.45, 2.75) is 17.4 Å². The van der Waals surface area contributed by atoms with Crippen LogP contribution in [0.4, 0.5) is 10.1 Å². The second-order valence-electron chi connectivity index (χ2n) is 3.99. The minimum atomic E-state index is -3.70. The van der Waals surface area contributed by atoms with Crippen molar-refractivity contribution in [2.24, 2.45) is 0 Å². The van der Waals surface area contributed by atoms with E-state index in [9.17, 15) is 12.8 Å². The molecule has 1 aromatic rings. The average molecular weight is 355 g/mol. The number of halogens is 2. The van der Waals surface area contributed by atoms with Crippen molar-refractivity contribution in [3.8, 4) is 0 Å². The van der Waals surface area contributed by atoms with E-state index in [-0.39, 0.29) is 21.1 Å². The maximum absolute atomic E-state index is 13.2. The number of hydrogen-bond donors (Lipinski definition) is 2. The molecule has 4 nitrogen and oxygen atoms in total. The first kappa shape index (κ1) is 14.1. The molecular weight excluding hydrogens is 343 g/mol. The SMILES string of the molecule is Nc1cc(F)c(Br)cc1S(=O)(=O)NC1CCSC1. The molecule has 1 heterocycles. The Labute approximate surface area is 118 Å². The molecule has 1 atom stereocenters. The molecule has 1 aromatic carbocycles. The Morgan fingerprint density at radius 1 is 1.50 bits per heavy atom. The highest BCUT2D eigenvalue weighted by molar-refractivity contribution is 9.10. The fourth-order valence-electron chi connectivity index (χ4n) is 1.69. The highest BCUT2D eigenvalue weighted by atomic mass is 79.9. The lowest BCUT2D eigenvalue weighted by atomic mass is 10.3. The number of rotatable bonds is 3. The molecule has 0 saturated carbocycles. The summed E-state index contributed by atoms with van der Waals surface area (Å²) in [5.41, 5.74) is 5.48. The lowest BCUT2D eigenvalue weighted by Gasteiger charge is -2.14. The van der Waals surface area contributed by atoms with Gasteiger partial charge in [0.1, 0.15) is 10.7 Å². The van der Waals surface area contributed by atoms with Crippen molar-refractivity contribution < 1.29 is 12.8 Å². The van der Waals surface area contributed by atoms with Gasteiger partial charge in [-0.2, -0.15) is 11.8 Å². The van der Waals surface area contributed by atoms with E-state index >= 15 is 0 Å². The molecule has 0 amide bonds. The number of nitrogens with one attached hydrogen (secondary N) is 1. The molecule has 8 heteroatoms. The van der Waals surface area contributed by atoms with Crippen LogP contribution >= 0.6 is 27.7 Å². The van der Waals surface area contributed by atoms with Crippen molar-refractivity contribution in [3.63, 3.8) is 0 Å². The Hall–Kier alpha value is -0.310. The van der Waals surface area contributed by atoms with Crippen molar-refractivity contribution in [1.29, 1.82) is 0 Å². The predicted molar refractivity (Wildman–Crippen MR) is 74.6 cm³/mol. The highest BCUT2D eigenvalue weighted by Gasteiger charge is 2.25. The molecule has 0 bridgehead atoms. The van der Waals surface area contributed by atoms with E-state index in [1.807, 2.05) is 0 Å². The van der Waals surface area contributed by atoms with Gasteiger partial charge in [-0.15, -0.1) is 0 Å². The quantitative estimate of drug-likeness (QED) is 0.813. The summed E-state index contributed by atoms with van der Waals surface area (Å²) in [4.78, 5) is -0.0901. The molecule has 100 valence electrons. The monoisotopic (exact) mass is 354 g/mol. The Kier molecular flexibility index (Phi) is 4.20. The van der Waals surface area contributed by atoms with Crippen molar-refractivity contribution in [3.05, 3.63) is 22.4 Å². The van der Waals surface area contributed by atoms with Gasteiger partial charge in [0.2, 0.25) is 10.0 Å². The first-order chi connectivity index (χ1) is 8.40. The summed E-state index contributed by atoms with van der Waals surface area (Å²) in [6.45, 7) is 0. The van der Waals surface area contributed by atoms with E-state index in [2.05, 4.69) is 20.7 Å². The van der Waals surface area contributed by atoms with Gasteiger partial charge in [0.15, 0.2) is 0 Å². The Morgan fingerprint density at radius 3 is 2.83 bits per heavy atom. The summed E-state index contributed by atoms with van der Waals surface area (Å²) in [6, 6.07) is 2.11. The van der Waals surface area contributed by atoms with Gasteiger partial charge in [-0.3, -0.25) is 0 Å². The van der Waals surface area contributed by atoms with Gasteiger partial charge in [0.05, 0.1) is 10.2 Å². The summed E-state index contributed by atoms with van der Waals surface area (Å²) in [5, 5.41) is 0.